The van der Waals surface area contributed by atoms with E-state index >= 15 is 0 Å². The molecule has 14 heteroatoms. The number of esters is 4. The van der Waals surface area contributed by atoms with Crippen LogP contribution < -0.4 is 11.2 Å². The zero-order chi connectivity index (χ0) is 31.8. The smallest absolute Gasteiger partial charge is 0.349 e. The molecule has 2 aliphatic rings. The van der Waals surface area contributed by atoms with E-state index in [0.717, 1.165) is 11.1 Å². The monoisotopic (exact) mass is 600 g/mol. The number of nitrogens with zero attached hydrogens (tertiary/aromatic N) is 3. The van der Waals surface area contributed by atoms with Gasteiger partial charge in [-0.25, -0.2) is 9.78 Å². The van der Waals surface area contributed by atoms with Crippen molar-refractivity contribution in [2.24, 2.45) is 0 Å². The number of benzene rings is 1. The van der Waals surface area contributed by atoms with Crippen molar-refractivity contribution in [1.82, 2.24) is 19.5 Å². The van der Waals surface area contributed by atoms with Gasteiger partial charge in [-0.05, 0) is 37.1 Å². The van der Waals surface area contributed by atoms with Gasteiger partial charge in [-0.3, -0.25) is 29.0 Å². The van der Waals surface area contributed by atoms with Crippen molar-refractivity contribution in [2.75, 3.05) is 6.61 Å². The van der Waals surface area contributed by atoms with E-state index < -0.39 is 60.0 Å². The highest BCUT2D eigenvalue weighted by Crippen LogP contribution is 2.26. The van der Waals surface area contributed by atoms with Gasteiger partial charge < -0.3 is 23.5 Å². The molecule has 14 nitrogen and oxygen atoms in total. The third kappa shape index (κ3) is 8.02. The SMILES string of the molecule is CCC(=O)OC[C@H](OC(=O)CC)[C@H](OC(=O)CC)[C@H](Cn1c2nc(=O)[nH]c(=O)c-2nc2cc(C)c(C)cc21)OC(=O)CC. The summed E-state index contributed by atoms with van der Waals surface area (Å²) in [4.78, 5) is 85.5. The molecule has 0 aromatic heterocycles. The molecule has 1 aromatic rings. The van der Waals surface area contributed by atoms with E-state index in [1.165, 1.54) is 4.57 Å². The van der Waals surface area contributed by atoms with Gasteiger partial charge in [0.1, 0.15) is 6.61 Å². The summed E-state index contributed by atoms with van der Waals surface area (Å²) in [7, 11) is 0. The number of rotatable bonds is 13. The van der Waals surface area contributed by atoms with Gasteiger partial charge >= 0.3 is 29.6 Å². The molecule has 0 spiro atoms. The van der Waals surface area contributed by atoms with Gasteiger partial charge in [0.25, 0.3) is 5.56 Å². The fourth-order valence-corrected chi connectivity index (χ4v) is 4.23. The van der Waals surface area contributed by atoms with Crippen LogP contribution in [0.3, 0.4) is 0 Å². The molecule has 0 bridgehead atoms. The van der Waals surface area contributed by atoms with Gasteiger partial charge in [0.15, 0.2) is 29.8 Å². The molecular formula is C29H36N4O10. The largest absolute Gasteiger partial charge is 0.462 e. The van der Waals surface area contributed by atoms with Gasteiger partial charge in [0, 0.05) is 25.7 Å². The van der Waals surface area contributed by atoms with Crippen LogP contribution in [0.15, 0.2) is 21.7 Å². The molecule has 0 saturated heterocycles. The summed E-state index contributed by atoms with van der Waals surface area (Å²) in [6.45, 7) is 9.15. The number of aromatic amines is 1. The van der Waals surface area contributed by atoms with Crippen molar-refractivity contribution in [1.29, 1.82) is 0 Å². The zero-order valence-electron chi connectivity index (χ0n) is 25.1. The lowest BCUT2D eigenvalue weighted by Gasteiger charge is -2.33. The second kappa shape index (κ2) is 14.5. The fourth-order valence-electron chi connectivity index (χ4n) is 4.23. The molecule has 0 aliphatic carbocycles. The lowest BCUT2D eigenvalue weighted by molar-refractivity contribution is -0.192. The van der Waals surface area contributed by atoms with Crippen molar-refractivity contribution in [3.05, 3.63) is 44.1 Å². The number of carbonyl (C=O) groups excluding carboxylic acids is 4. The molecule has 0 amide bonds. The summed E-state index contributed by atoms with van der Waals surface area (Å²) >= 11 is 0. The molecule has 232 valence electrons. The van der Waals surface area contributed by atoms with Crippen LogP contribution >= 0.6 is 0 Å². The minimum atomic E-state index is -1.46. The molecule has 0 radical (unpaired) electrons. The lowest BCUT2D eigenvalue weighted by Crippen LogP contribution is -2.49. The molecule has 1 aromatic carbocycles. The maximum atomic E-state index is 12.8. The van der Waals surface area contributed by atoms with Crippen molar-refractivity contribution < 1.29 is 38.1 Å². The van der Waals surface area contributed by atoms with Gasteiger partial charge in [-0.1, -0.05) is 27.7 Å². The number of nitrogens with one attached hydrogen (secondary N) is 1. The molecule has 0 unspecified atom stereocenters. The molecule has 3 atom stereocenters. The Balaban J connectivity index is 2.29. The van der Waals surface area contributed by atoms with Crippen molar-refractivity contribution in [3.8, 4) is 11.5 Å². The average Bonchev–Trinajstić information content (AvgIpc) is 2.98. The summed E-state index contributed by atoms with van der Waals surface area (Å²) in [5.74, 6) is -2.78. The number of carbonyl (C=O) groups is 4. The molecular weight excluding hydrogens is 564 g/mol. The summed E-state index contributed by atoms with van der Waals surface area (Å²) in [6, 6.07) is 3.52. The second-order valence-corrected chi connectivity index (χ2v) is 9.80. The van der Waals surface area contributed by atoms with E-state index in [-0.39, 0.29) is 43.7 Å². The summed E-state index contributed by atoms with van der Waals surface area (Å²) in [6.07, 6.45) is -4.34. The van der Waals surface area contributed by atoms with E-state index in [1.807, 2.05) is 13.8 Å². The van der Waals surface area contributed by atoms with Crippen LogP contribution in [0.25, 0.3) is 22.6 Å². The van der Waals surface area contributed by atoms with Crippen LogP contribution in [-0.2, 0) is 44.7 Å². The van der Waals surface area contributed by atoms with Gasteiger partial charge in [0.2, 0.25) is 0 Å². The Morgan fingerprint density at radius 2 is 1.35 bits per heavy atom. The predicted molar refractivity (Wildman–Crippen MR) is 152 cm³/mol. The van der Waals surface area contributed by atoms with Crippen LogP contribution in [0.2, 0.25) is 0 Å². The molecule has 0 fully saturated rings. The van der Waals surface area contributed by atoms with Crippen LogP contribution in [0.4, 0.5) is 0 Å². The minimum absolute atomic E-state index is 0.0312. The van der Waals surface area contributed by atoms with E-state index in [9.17, 15) is 28.8 Å². The highest BCUT2D eigenvalue weighted by Gasteiger charge is 2.40. The quantitative estimate of drug-likeness (QED) is 0.171. The lowest BCUT2D eigenvalue weighted by atomic mass is 10.1. The highest BCUT2D eigenvalue weighted by molar-refractivity contribution is 5.81. The van der Waals surface area contributed by atoms with Crippen LogP contribution in [-0.4, -0.2) is 68.3 Å². The summed E-state index contributed by atoms with van der Waals surface area (Å²) < 4.78 is 23.8. The Kier molecular flexibility index (Phi) is 11.1. The number of fused-ring (bicyclic) bond motifs is 2. The summed E-state index contributed by atoms with van der Waals surface area (Å²) in [5.41, 5.74) is 0.704. The Labute approximate surface area is 247 Å². The second-order valence-electron chi connectivity index (χ2n) is 9.80. The first-order valence-electron chi connectivity index (χ1n) is 14.1. The van der Waals surface area contributed by atoms with Gasteiger partial charge in [-0.2, -0.15) is 4.98 Å². The average molecular weight is 601 g/mol. The van der Waals surface area contributed by atoms with Crippen LogP contribution in [0.5, 0.6) is 0 Å². The highest BCUT2D eigenvalue weighted by atomic mass is 16.6. The number of ether oxygens (including phenoxy) is 4. The molecule has 3 rings (SSSR count). The molecule has 0 saturated carbocycles. The van der Waals surface area contributed by atoms with Gasteiger partial charge in [0.05, 0.1) is 17.6 Å². The van der Waals surface area contributed by atoms with E-state index in [4.69, 9.17) is 18.9 Å². The Morgan fingerprint density at radius 3 is 1.95 bits per heavy atom. The number of aryl methyl sites for hydroxylation is 2. The first kappa shape index (κ1) is 32.9. The molecule has 1 N–H and O–H groups in total. The zero-order valence-corrected chi connectivity index (χ0v) is 25.1. The van der Waals surface area contributed by atoms with Crippen molar-refractivity contribution in [3.63, 3.8) is 0 Å². The predicted octanol–water partition coefficient (Wildman–Crippen LogP) is 2.12. The molecule has 2 heterocycles. The molecule has 2 aliphatic heterocycles. The maximum absolute atomic E-state index is 12.8. The maximum Gasteiger partial charge on any atom is 0.349 e. The normalized spacial score (nSPS) is 13.3. The number of hydrogen-bond donors (Lipinski definition) is 1. The fraction of sp³-hybridized carbons (Fsp3) is 0.517. The molecule has 43 heavy (non-hydrogen) atoms. The number of hydrogen-bond acceptors (Lipinski definition) is 12. The third-order valence-electron chi connectivity index (χ3n) is 6.72. The minimum Gasteiger partial charge on any atom is -0.462 e. The number of aromatic nitrogens is 4. The first-order valence-corrected chi connectivity index (χ1v) is 14.1. The number of H-pyrrole nitrogens is 1. The Bertz CT molecular complexity index is 1590. The van der Waals surface area contributed by atoms with Gasteiger partial charge in [-0.15, -0.1) is 0 Å². The summed E-state index contributed by atoms with van der Waals surface area (Å²) in [5, 5.41) is 0. The Morgan fingerprint density at radius 1 is 0.791 bits per heavy atom. The third-order valence-corrected chi connectivity index (χ3v) is 6.72. The van der Waals surface area contributed by atoms with E-state index in [1.54, 1.807) is 39.8 Å². The van der Waals surface area contributed by atoms with Crippen LogP contribution in [0, 0.1) is 13.8 Å². The van der Waals surface area contributed by atoms with Crippen molar-refractivity contribution in [2.45, 2.75) is 92.1 Å². The van der Waals surface area contributed by atoms with Crippen molar-refractivity contribution >= 4 is 34.9 Å². The Hall–Kier alpha value is -4.62. The van der Waals surface area contributed by atoms with Crippen LogP contribution in [0.1, 0.15) is 64.5 Å². The first-order chi connectivity index (χ1) is 20.4. The van der Waals surface area contributed by atoms with E-state index in [2.05, 4.69) is 15.0 Å². The topological polar surface area (TPSA) is 186 Å². The van der Waals surface area contributed by atoms with E-state index in [0.29, 0.717) is 11.0 Å². The standard InChI is InChI=1S/C29H36N4O10/c1-7-21(34)40-14-20(42-23(36)9-3)26(43-24(37)10-4)19(41-22(35)8-2)13-33-18-12-16(6)15(5)11-17(18)30-25-27(33)31-29(39)32-28(25)38/h11-12,19-20,26H,7-10,13-14H2,1-6H3,(H,32,38,39)/t19-,20-,26+/m0/s1.